The Kier molecular flexibility index (Phi) is 13.4. The van der Waals surface area contributed by atoms with E-state index in [9.17, 15) is 39.5 Å². The van der Waals surface area contributed by atoms with E-state index in [0.717, 1.165) is 0 Å². The molecule has 13 heteroatoms. The average molecular weight is 489 g/mol. The molecule has 0 aliphatic rings. The standard InChI is InChI=1S/C4HF9O.C4H9N.C4H10O.CH3.Nb/c5-2(6,7)1(14,3(8,9)10)4(11,12)13;2*1-4(2,3)5;;/h14H;1-3H3;5H,1-3H3;1H3;/q;;;-1;. The second-order valence-corrected chi connectivity index (χ2v) is 7.14. The molecule has 0 spiro atoms. The molecule has 0 rings (SSSR count). The molecule has 0 fully saturated rings. The molecule has 2 N–H and O–H groups in total. The third-order valence-electron chi connectivity index (χ3n) is 1.53. The summed E-state index contributed by atoms with van der Waals surface area (Å²) in [5, 5.41) is 16.2. The molecule has 0 saturated carbocycles. The predicted octanol–water partition coefficient (Wildman–Crippen LogP) is 5.15. The Morgan fingerprint density at radius 2 is 0.731 bits per heavy atom. The van der Waals surface area contributed by atoms with E-state index in [1.807, 2.05) is 0 Å². The van der Waals surface area contributed by atoms with Crippen molar-refractivity contribution in [1.82, 2.24) is 0 Å². The van der Waals surface area contributed by atoms with Crippen LogP contribution < -0.4 is 0 Å². The maximum absolute atomic E-state index is 11.4. The van der Waals surface area contributed by atoms with Gasteiger partial charge in [-0.15, -0.1) is 0 Å². The molecule has 26 heavy (non-hydrogen) atoms. The number of alkyl halides is 9. The minimum absolute atomic E-state index is 0. The van der Waals surface area contributed by atoms with Gasteiger partial charge in [-0.25, -0.2) is 0 Å². The minimum atomic E-state index is -6.87. The van der Waals surface area contributed by atoms with E-state index in [1.165, 1.54) is 20.9 Å². The van der Waals surface area contributed by atoms with E-state index >= 15 is 0 Å². The van der Waals surface area contributed by atoms with E-state index in [-0.39, 0.29) is 13.0 Å². The largest absolute Gasteiger partial charge is 0.435 e. The first kappa shape index (κ1) is 33.4. The van der Waals surface area contributed by atoms with Gasteiger partial charge < -0.3 is 17.6 Å². The zero-order valence-corrected chi connectivity index (χ0v) is 17.4. The van der Waals surface area contributed by atoms with Crippen molar-refractivity contribution in [3.8, 4) is 0 Å². The van der Waals surface area contributed by atoms with Crippen LogP contribution in [0.25, 0.3) is 0 Å². The Balaban J connectivity index is -0.000000168. The zero-order chi connectivity index (χ0) is 21.7. The molecule has 161 valence electrons. The van der Waals surface area contributed by atoms with Crippen molar-refractivity contribution in [3.63, 3.8) is 0 Å². The molecule has 0 aliphatic carbocycles. The maximum Gasteiger partial charge on any atom is 0.435 e. The summed E-state index contributed by atoms with van der Waals surface area (Å²) < 4.78 is 107. The fourth-order valence-corrected chi connectivity index (χ4v) is 0.482. The monoisotopic (exact) mass is 489 g/mol. The van der Waals surface area contributed by atoms with Crippen molar-refractivity contribution < 1.29 is 70.6 Å². The van der Waals surface area contributed by atoms with Crippen LogP contribution in [0.5, 0.6) is 0 Å². The minimum Gasteiger partial charge on any atom is -0.367 e. The number of hydrogen-bond acceptors (Lipinski definition) is 3. The van der Waals surface area contributed by atoms with E-state index in [4.69, 9.17) is 10.2 Å². The molecule has 0 aliphatic heterocycles. The van der Waals surface area contributed by atoms with E-state index < -0.39 is 29.7 Å². The van der Waals surface area contributed by atoms with Gasteiger partial charge in [-0.05, 0) is 20.8 Å². The van der Waals surface area contributed by atoms with Gasteiger partial charge in [0.05, 0.1) is 5.60 Å². The van der Waals surface area contributed by atoms with Gasteiger partial charge >= 0.3 is 74.7 Å². The van der Waals surface area contributed by atoms with E-state index in [2.05, 4.69) is 24.1 Å². The van der Waals surface area contributed by atoms with Crippen LogP contribution in [0.15, 0.2) is 3.34 Å². The van der Waals surface area contributed by atoms with Gasteiger partial charge in [-0.2, -0.15) is 39.5 Å². The molecule has 0 aromatic rings. The molecule has 0 saturated heterocycles. The average Bonchev–Trinajstić information content (AvgIpc) is 2.20. The SMILES string of the molecule is CC(C)(C)O.CC(C)(C)[N]=[Nb].OC(C(F)(F)F)(C(F)(F)F)C(F)(F)F.[CH3-]. The maximum atomic E-state index is 11.4. The zero-order valence-electron chi connectivity index (χ0n) is 15.2. The van der Waals surface area contributed by atoms with Crippen LogP contribution in [0.4, 0.5) is 39.5 Å². The van der Waals surface area contributed by atoms with Crippen molar-refractivity contribution in [1.29, 1.82) is 0 Å². The number of hydrogen-bond donors (Lipinski definition) is 2. The molecule has 0 aromatic carbocycles. The van der Waals surface area contributed by atoms with Crippen LogP contribution in [-0.4, -0.2) is 45.5 Å². The topological polar surface area (TPSA) is 52.8 Å². The van der Waals surface area contributed by atoms with E-state index in [0.29, 0.717) is 0 Å². The predicted molar refractivity (Wildman–Crippen MR) is 73.7 cm³/mol. The first-order valence-corrected chi connectivity index (χ1v) is 7.30. The third-order valence-corrected chi connectivity index (χ3v) is 3.01. The van der Waals surface area contributed by atoms with Gasteiger partial charge in [0.2, 0.25) is 0 Å². The Bertz CT molecular complexity index is 362. The van der Waals surface area contributed by atoms with Crippen LogP contribution in [0.1, 0.15) is 41.5 Å². The van der Waals surface area contributed by atoms with Crippen LogP contribution in [-0.2, 0) is 20.9 Å². The summed E-state index contributed by atoms with van der Waals surface area (Å²) in [7, 11) is 0. The van der Waals surface area contributed by atoms with Crippen LogP contribution >= 0.6 is 0 Å². The van der Waals surface area contributed by atoms with Crippen LogP contribution in [0, 0.1) is 7.43 Å². The van der Waals surface area contributed by atoms with Gasteiger partial charge in [0.15, 0.2) is 0 Å². The molecular formula is C13H23F9NNbO2-. The molecule has 0 radical (unpaired) electrons. The molecular weight excluding hydrogens is 466 g/mol. The summed E-state index contributed by atoms with van der Waals surface area (Å²) in [6.07, 6.45) is -20.6. The Labute approximate surface area is 158 Å². The van der Waals surface area contributed by atoms with Crippen molar-refractivity contribution in [2.75, 3.05) is 0 Å². The van der Waals surface area contributed by atoms with Crippen molar-refractivity contribution in [2.24, 2.45) is 3.34 Å². The van der Waals surface area contributed by atoms with Crippen molar-refractivity contribution in [2.45, 2.75) is 76.8 Å². The first-order chi connectivity index (χ1) is 10.3. The van der Waals surface area contributed by atoms with Crippen LogP contribution in [0.2, 0.25) is 0 Å². The summed E-state index contributed by atoms with van der Waals surface area (Å²) in [5.74, 6) is 0. The second kappa shape index (κ2) is 10.4. The quantitative estimate of drug-likeness (QED) is 0.281. The van der Waals surface area contributed by atoms with Crippen LogP contribution in [0.3, 0.4) is 0 Å². The second-order valence-electron chi connectivity index (χ2n) is 6.65. The molecule has 0 heterocycles. The summed E-state index contributed by atoms with van der Waals surface area (Å²) in [5.41, 5.74) is -7.00. The Morgan fingerprint density at radius 1 is 0.615 bits per heavy atom. The van der Waals surface area contributed by atoms with Crippen molar-refractivity contribution >= 4 is 0 Å². The summed E-state index contributed by atoms with van der Waals surface area (Å²) in [6, 6.07) is 0. The smallest absolute Gasteiger partial charge is 0.367 e. The van der Waals surface area contributed by atoms with Gasteiger partial charge in [0, 0.05) is 0 Å². The molecule has 0 unspecified atom stereocenters. The summed E-state index contributed by atoms with van der Waals surface area (Å²) in [6.45, 7) is 11.5. The number of aliphatic hydroxyl groups is 2. The molecule has 0 aromatic heterocycles. The molecule has 0 amide bonds. The third kappa shape index (κ3) is 14.0. The van der Waals surface area contributed by atoms with E-state index in [1.54, 1.807) is 20.8 Å². The molecule has 0 bridgehead atoms. The van der Waals surface area contributed by atoms with Gasteiger partial charge in [-0.3, -0.25) is 0 Å². The Hall–Kier alpha value is -0.170. The van der Waals surface area contributed by atoms with Gasteiger partial charge in [0.25, 0.3) is 0 Å². The summed E-state index contributed by atoms with van der Waals surface area (Å²) >= 11 is 1.52. The number of nitrogens with zero attached hydrogens (tertiary/aromatic N) is 1. The van der Waals surface area contributed by atoms with Crippen molar-refractivity contribution in [3.05, 3.63) is 7.43 Å². The molecule has 0 atom stereocenters. The first-order valence-electron chi connectivity index (χ1n) is 6.32. The molecule has 3 nitrogen and oxygen atoms in total. The van der Waals surface area contributed by atoms with Gasteiger partial charge in [-0.1, -0.05) is 0 Å². The number of rotatable bonds is 0. The normalized spacial score (nSPS) is 13.4. The fourth-order valence-electron chi connectivity index (χ4n) is 0.482. The fraction of sp³-hybridized carbons (Fsp3) is 0.923. The van der Waals surface area contributed by atoms with Gasteiger partial charge in [0.1, 0.15) is 0 Å². The Morgan fingerprint density at radius 3 is 0.731 bits per heavy atom. The number of halogens is 9. The summed E-state index contributed by atoms with van der Waals surface area (Å²) in [4.78, 5) is 0.